The minimum absolute atomic E-state index is 0.000331. The van der Waals surface area contributed by atoms with Crippen LogP contribution in [0.2, 0.25) is 0 Å². The van der Waals surface area contributed by atoms with Crippen molar-refractivity contribution in [2.45, 2.75) is 84.5 Å². The topological polar surface area (TPSA) is 55.8 Å². The number of carbonyl (C=O) groups is 1. The van der Waals surface area contributed by atoms with E-state index in [0.29, 0.717) is 55.0 Å². The van der Waals surface area contributed by atoms with E-state index in [-0.39, 0.29) is 22.9 Å². The number of rotatable bonds is 1. The van der Waals surface area contributed by atoms with Crippen molar-refractivity contribution in [2.75, 3.05) is 13.2 Å². The first kappa shape index (κ1) is 19.5. The molecule has 0 unspecified atom stereocenters. The first-order chi connectivity index (χ1) is 13.2. The van der Waals surface area contributed by atoms with Gasteiger partial charge < -0.3 is 14.6 Å². The Hall–Kier alpha value is -0.450. The van der Waals surface area contributed by atoms with E-state index in [4.69, 9.17) is 9.47 Å². The van der Waals surface area contributed by atoms with E-state index in [0.717, 1.165) is 25.7 Å². The van der Waals surface area contributed by atoms with Gasteiger partial charge in [-0.3, -0.25) is 4.79 Å². The fourth-order valence-corrected chi connectivity index (χ4v) is 9.01. The first-order valence-corrected chi connectivity index (χ1v) is 11.7. The molecular formula is C24H38O4. The van der Waals surface area contributed by atoms with Crippen molar-refractivity contribution in [3.05, 3.63) is 0 Å². The standard InChI is InChI=1S/C24H38O4/c1-14-12-22(2)15(11-18(14)25)5-6-16-17-7-8-20(24(4)27-9-10-28-24)23(17,3)13-19(26)21(16)22/h14-18,20-21,25H,5-13H2,1-4H3/t14-,15+,16+,17+,18+,20+,21-,22+,23+/m1/s1. The summed E-state index contributed by atoms with van der Waals surface area (Å²) < 4.78 is 12.2. The zero-order chi connectivity index (χ0) is 19.9. The molecule has 5 rings (SSSR count). The van der Waals surface area contributed by atoms with Gasteiger partial charge in [-0.1, -0.05) is 20.8 Å². The van der Waals surface area contributed by atoms with Crippen LogP contribution in [0.4, 0.5) is 0 Å². The molecule has 1 aliphatic heterocycles. The number of ether oxygens (including phenoxy) is 2. The predicted molar refractivity (Wildman–Crippen MR) is 106 cm³/mol. The highest BCUT2D eigenvalue weighted by molar-refractivity contribution is 5.84. The number of carbonyl (C=O) groups excluding carboxylic acids is 1. The number of hydrogen-bond donors (Lipinski definition) is 1. The van der Waals surface area contributed by atoms with Crippen molar-refractivity contribution in [3.63, 3.8) is 0 Å². The Morgan fingerprint density at radius 2 is 1.71 bits per heavy atom. The highest BCUT2D eigenvalue weighted by Gasteiger charge is 2.66. The van der Waals surface area contributed by atoms with Crippen LogP contribution >= 0.6 is 0 Å². The van der Waals surface area contributed by atoms with Gasteiger partial charge in [0, 0.05) is 18.3 Å². The molecule has 0 aromatic rings. The number of fused-ring (bicyclic) bond motifs is 5. The van der Waals surface area contributed by atoms with Crippen LogP contribution in [0.15, 0.2) is 0 Å². The normalized spacial score (nSPS) is 55.5. The molecular weight excluding hydrogens is 352 g/mol. The van der Waals surface area contributed by atoms with Crippen LogP contribution in [0.25, 0.3) is 0 Å². The van der Waals surface area contributed by atoms with Gasteiger partial charge in [0.2, 0.25) is 0 Å². The minimum Gasteiger partial charge on any atom is -0.393 e. The van der Waals surface area contributed by atoms with Gasteiger partial charge >= 0.3 is 0 Å². The Morgan fingerprint density at radius 3 is 2.43 bits per heavy atom. The molecule has 0 spiro atoms. The monoisotopic (exact) mass is 390 g/mol. The van der Waals surface area contributed by atoms with Crippen LogP contribution in [-0.4, -0.2) is 36.0 Å². The molecule has 4 aliphatic carbocycles. The average Bonchev–Trinajstić information content (AvgIpc) is 3.19. The zero-order valence-corrected chi connectivity index (χ0v) is 18.1. The van der Waals surface area contributed by atoms with Crippen LogP contribution in [0.1, 0.15) is 72.6 Å². The summed E-state index contributed by atoms with van der Waals surface area (Å²) in [6, 6.07) is 0. The zero-order valence-electron chi connectivity index (χ0n) is 18.1. The summed E-state index contributed by atoms with van der Waals surface area (Å²) in [4.78, 5) is 13.7. The van der Waals surface area contributed by atoms with Gasteiger partial charge in [-0.15, -0.1) is 0 Å². The van der Waals surface area contributed by atoms with Crippen LogP contribution in [0, 0.1) is 46.3 Å². The second-order valence-corrected chi connectivity index (χ2v) is 11.5. The summed E-state index contributed by atoms with van der Waals surface area (Å²) in [5.74, 6) is 2.40. The Kier molecular flexibility index (Phi) is 4.37. The number of aliphatic hydroxyl groups is 1. The van der Waals surface area contributed by atoms with Crippen LogP contribution in [0.3, 0.4) is 0 Å². The molecule has 28 heavy (non-hydrogen) atoms. The van der Waals surface area contributed by atoms with Gasteiger partial charge in [0.05, 0.1) is 19.3 Å². The Labute approximate surface area is 169 Å². The third kappa shape index (κ3) is 2.50. The second-order valence-electron chi connectivity index (χ2n) is 11.5. The van der Waals surface area contributed by atoms with Gasteiger partial charge in [-0.2, -0.15) is 0 Å². The van der Waals surface area contributed by atoms with E-state index in [1.165, 1.54) is 12.8 Å². The molecule has 4 nitrogen and oxygen atoms in total. The average molecular weight is 391 g/mol. The summed E-state index contributed by atoms with van der Waals surface area (Å²) >= 11 is 0. The minimum atomic E-state index is -0.513. The maximum absolute atomic E-state index is 13.7. The van der Waals surface area contributed by atoms with E-state index < -0.39 is 5.79 Å². The summed E-state index contributed by atoms with van der Waals surface area (Å²) in [5.41, 5.74) is 0.0721. The molecule has 0 amide bonds. The predicted octanol–water partition coefficient (Wildman–Crippen LogP) is 4.19. The second kappa shape index (κ2) is 6.28. The van der Waals surface area contributed by atoms with Crippen molar-refractivity contribution in [1.82, 2.24) is 0 Å². The Morgan fingerprint density at radius 1 is 1.00 bits per heavy atom. The quantitative estimate of drug-likeness (QED) is 0.729. The molecule has 158 valence electrons. The molecule has 0 radical (unpaired) electrons. The van der Waals surface area contributed by atoms with Gasteiger partial charge in [0.25, 0.3) is 0 Å². The van der Waals surface area contributed by atoms with Crippen LogP contribution in [-0.2, 0) is 14.3 Å². The van der Waals surface area contributed by atoms with E-state index in [9.17, 15) is 9.90 Å². The van der Waals surface area contributed by atoms with Gasteiger partial charge in [-0.05, 0) is 80.0 Å². The molecule has 4 heteroatoms. The molecule has 1 heterocycles. The lowest BCUT2D eigenvalue weighted by Crippen LogP contribution is -2.60. The largest absolute Gasteiger partial charge is 0.393 e. The summed E-state index contributed by atoms with van der Waals surface area (Å²) in [6.07, 6.45) is 7.04. The lowest BCUT2D eigenvalue weighted by molar-refractivity contribution is -0.217. The van der Waals surface area contributed by atoms with Crippen molar-refractivity contribution in [2.24, 2.45) is 46.3 Å². The summed E-state index contributed by atoms with van der Waals surface area (Å²) in [5, 5.41) is 10.5. The van der Waals surface area contributed by atoms with E-state index in [1.54, 1.807) is 0 Å². The molecule has 9 atom stereocenters. The lowest BCUT2D eigenvalue weighted by atomic mass is 9.43. The smallest absolute Gasteiger partial charge is 0.169 e. The Bertz CT molecular complexity index is 655. The summed E-state index contributed by atoms with van der Waals surface area (Å²) in [6.45, 7) is 10.4. The number of hydrogen-bond acceptors (Lipinski definition) is 4. The van der Waals surface area contributed by atoms with E-state index in [1.807, 2.05) is 0 Å². The maximum atomic E-state index is 13.7. The maximum Gasteiger partial charge on any atom is 0.169 e. The third-order valence-corrected chi connectivity index (χ3v) is 10.2. The molecule has 0 aromatic heterocycles. The van der Waals surface area contributed by atoms with E-state index >= 15 is 0 Å². The third-order valence-electron chi connectivity index (χ3n) is 10.2. The van der Waals surface area contributed by atoms with Gasteiger partial charge in [0.15, 0.2) is 5.79 Å². The van der Waals surface area contributed by atoms with Crippen molar-refractivity contribution < 1.29 is 19.4 Å². The van der Waals surface area contributed by atoms with Crippen molar-refractivity contribution >= 4 is 5.78 Å². The Balaban J connectivity index is 1.47. The number of Topliss-reactive ketones (excluding diaryl/α,β-unsaturated/α-hetero) is 1. The van der Waals surface area contributed by atoms with Gasteiger partial charge in [0.1, 0.15) is 5.78 Å². The van der Waals surface area contributed by atoms with Crippen molar-refractivity contribution in [1.29, 1.82) is 0 Å². The molecule has 0 aromatic carbocycles. The SMILES string of the molecule is C[C@@H]1C[C@@]2(C)[C@@H](CC[C@H]3[C@@H]4CC[C@H](C5(C)OCCO5)[C@@]4(C)CC(=O)[C@@H]32)C[C@@H]1O. The molecule has 5 fully saturated rings. The van der Waals surface area contributed by atoms with Crippen molar-refractivity contribution in [3.8, 4) is 0 Å². The molecule has 1 N–H and O–H groups in total. The highest BCUT2D eigenvalue weighted by Crippen LogP contribution is 2.68. The van der Waals surface area contributed by atoms with Gasteiger partial charge in [-0.25, -0.2) is 0 Å². The lowest BCUT2D eigenvalue weighted by Gasteiger charge is -2.61. The highest BCUT2D eigenvalue weighted by atomic mass is 16.7. The fraction of sp³-hybridized carbons (Fsp3) is 0.958. The first-order valence-electron chi connectivity index (χ1n) is 11.7. The van der Waals surface area contributed by atoms with E-state index in [2.05, 4.69) is 27.7 Å². The molecule has 0 bridgehead atoms. The molecule has 4 saturated carbocycles. The summed E-state index contributed by atoms with van der Waals surface area (Å²) in [7, 11) is 0. The number of ketones is 1. The number of aliphatic hydroxyl groups excluding tert-OH is 1. The molecule has 1 saturated heterocycles. The van der Waals surface area contributed by atoms with Crippen LogP contribution < -0.4 is 0 Å². The molecule has 5 aliphatic rings. The fourth-order valence-electron chi connectivity index (χ4n) is 9.01. The van der Waals surface area contributed by atoms with Crippen LogP contribution in [0.5, 0.6) is 0 Å².